The van der Waals surface area contributed by atoms with Crippen LogP contribution in [0, 0.1) is 0 Å². The number of aromatic hydroxyl groups is 1. The smallest absolute Gasteiger partial charge is 0.255 e. The number of ether oxygens (including phenoxy) is 1. The lowest BCUT2D eigenvalue weighted by Crippen LogP contribution is -2.38. The zero-order valence-corrected chi connectivity index (χ0v) is 11.9. The molecular weight excluding hydrogens is 292 g/mol. The van der Waals surface area contributed by atoms with Gasteiger partial charge in [-0.3, -0.25) is 4.79 Å². The summed E-state index contributed by atoms with van der Waals surface area (Å²) < 4.78 is 5.08. The van der Waals surface area contributed by atoms with Crippen molar-refractivity contribution in [3.8, 4) is 11.5 Å². The molecule has 1 aliphatic rings. The quantitative estimate of drug-likeness (QED) is 0.798. The van der Waals surface area contributed by atoms with Gasteiger partial charge in [-0.15, -0.1) is 0 Å². The van der Waals surface area contributed by atoms with E-state index in [0.717, 1.165) is 5.56 Å². The molecule has 6 heteroatoms. The number of halogens is 1. The second-order valence-electron chi connectivity index (χ2n) is 4.67. The van der Waals surface area contributed by atoms with Crippen LogP contribution in [0.3, 0.4) is 0 Å². The Bertz CT molecular complexity index is 718. The first kappa shape index (κ1) is 13.6. The first-order chi connectivity index (χ1) is 10.1. The molecule has 3 rings (SSSR count). The molecule has 1 atom stereocenters. The number of fused-ring (bicyclic) bond motifs is 1. The van der Waals surface area contributed by atoms with Crippen LogP contribution in [0.15, 0.2) is 36.4 Å². The molecule has 0 aromatic heterocycles. The second kappa shape index (κ2) is 5.18. The molecule has 0 spiro atoms. The third-order valence-corrected chi connectivity index (χ3v) is 3.57. The van der Waals surface area contributed by atoms with Gasteiger partial charge in [0.25, 0.3) is 5.91 Å². The molecular formula is C15H13ClN2O3. The molecule has 1 amide bonds. The molecule has 21 heavy (non-hydrogen) atoms. The maximum Gasteiger partial charge on any atom is 0.255 e. The average molecular weight is 305 g/mol. The van der Waals surface area contributed by atoms with Crippen molar-refractivity contribution in [2.24, 2.45) is 0 Å². The van der Waals surface area contributed by atoms with Crippen molar-refractivity contribution >= 4 is 23.2 Å². The Morgan fingerprint density at radius 1 is 1.19 bits per heavy atom. The fourth-order valence-electron chi connectivity index (χ4n) is 2.27. The van der Waals surface area contributed by atoms with Gasteiger partial charge in [-0.05, 0) is 35.9 Å². The molecule has 2 aromatic rings. The Balaban J connectivity index is 1.96. The molecule has 0 radical (unpaired) electrons. The van der Waals surface area contributed by atoms with Gasteiger partial charge in [-0.25, -0.2) is 0 Å². The summed E-state index contributed by atoms with van der Waals surface area (Å²) in [5.74, 6) is 0.198. The van der Waals surface area contributed by atoms with E-state index in [2.05, 4.69) is 10.6 Å². The standard InChI is InChI=1S/C15H13ClN2O3/c1-21-13-6-8(2-5-12(13)19)14-17-11-4-3-9(16)7-10(11)15(20)18-14/h2-7,14,17,19H,1H3,(H,18,20). The van der Waals surface area contributed by atoms with Crippen LogP contribution in [0.2, 0.25) is 5.02 Å². The minimum atomic E-state index is -0.402. The summed E-state index contributed by atoms with van der Waals surface area (Å²) in [5, 5.41) is 16.2. The van der Waals surface area contributed by atoms with Crippen molar-refractivity contribution in [3.63, 3.8) is 0 Å². The lowest BCUT2D eigenvalue weighted by Gasteiger charge is -2.28. The number of carbonyl (C=O) groups excluding carboxylic acids is 1. The minimum absolute atomic E-state index is 0.0515. The van der Waals surface area contributed by atoms with Crippen LogP contribution in [0.1, 0.15) is 22.1 Å². The molecule has 108 valence electrons. The number of phenolic OH excluding ortho intramolecular Hbond substituents is 1. The van der Waals surface area contributed by atoms with Gasteiger partial charge in [-0.1, -0.05) is 17.7 Å². The summed E-state index contributed by atoms with van der Waals surface area (Å²) in [6.07, 6.45) is -0.402. The zero-order valence-electron chi connectivity index (χ0n) is 11.2. The van der Waals surface area contributed by atoms with Gasteiger partial charge in [0.05, 0.1) is 12.7 Å². The van der Waals surface area contributed by atoms with Gasteiger partial charge in [0, 0.05) is 10.7 Å². The second-order valence-corrected chi connectivity index (χ2v) is 5.11. The molecule has 0 fully saturated rings. The van der Waals surface area contributed by atoms with Crippen molar-refractivity contribution in [1.29, 1.82) is 0 Å². The number of phenols is 1. The van der Waals surface area contributed by atoms with Crippen LogP contribution in [0.25, 0.3) is 0 Å². The SMILES string of the molecule is COc1cc(C2NC(=O)c3cc(Cl)ccc3N2)ccc1O. The third-order valence-electron chi connectivity index (χ3n) is 3.34. The first-order valence-electron chi connectivity index (χ1n) is 6.32. The average Bonchev–Trinajstić information content (AvgIpc) is 2.48. The van der Waals surface area contributed by atoms with Crippen LogP contribution < -0.4 is 15.4 Å². The van der Waals surface area contributed by atoms with Crippen molar-refractivity contribution < 1.29 is 14.6 Å². The molecule has 1 unspecified atom stereocenters. The van der Waals surface area contributed by atoms with Gasteiger partial charge in [0.2, 0.25) is 0 Å². The van der Waals surface area contributed by atoms with Crippen LogP contribution >= 0.6 is 11.6 Å². The highest BCUT2D eigenvalue weighted by Crippen LogP contribution is 2.32. The molecule has 0 saturated carbocycles. The first-order valence-corrected chi connectivity index (χ1v) is 6.70. The summed E-state index contributed by atoms with van der Waals surface area (Å²) in [7, 11) is 1.48. The van der Waals surface area contributed by atoms with Crippen molar-refractivity contribution in [2.45, 2.75) is 6.17 Å². The fraction of sp³-hybridized carbons (Fsp3) is 0.133. The number of hydrogen-bond donors (Lipinski definition) is 3. The van der Waals surface area contributed by atoms with E-state index in [0.29, 0.717) is 22.0 Å². The number of methoxy groups -OCH3 is 1. The molecule has 3 N–H and O–H groups in total. The normalized spacial score (nSPS) is 16.7. The molecule has 0 aliphatic carbocycles. The number of benzene rings is 2. The molecule has 0 saturated heterocycles. The number of hydrogen-bond acceptors (Lipinski definition) is 4. The fourth-order valence-corrected chi connectivity index (χ4v) is 2.44. The maximum absolute atomic E-state index is 12.2. The van der Waals surface area contributed by atoms with Crippen LogP contribution in [0.4, 0.5) is 5.69 Å². The van der Waals surface area contributed by atoms with Crippen LogP contribution in [0.5, 0.6) is 11.5 Å². The predicted molar refractivity (Wildman–Crippen MR) is 79.9 cm³/mol. The van der Waals surface area contributed by atoms with Gasteiger partial charge in [0.15, 0.2) is 11.5 Å². The highest BCUT2D eigenvalue weighted by Gasteiger charge is 2.25. The Morgan fingerprint density at radius 2 is 2.00 bits per heavy atom. The van der Waals surface area contributed by atoms with Gasteiger partial charge in [-0.2, -0.15) is 0 Å². The molecule has 2 aromatic carbocycles. The van der Waals surface area contributed by atoms with E-state index >= 15 is 0 Å². The predicted octanol–water partition coefficient (Wildman–Crippen LogP) is 2.91. The summed E-state index contributed by atoms with van der Waals surface area (Å²) in [4.78, 5) is 12.2. The van der Waals surface area contributed by atoms with E-state index < -0.39 is 6.17 Å². The topological polar surface area (TPSA) is 70.6 Å². The lowest BCUT2D eigenvalue weighted by atomic mass is 10.1. The summed E-state index contributed by atoms with van der Waals surface area (Å²) >= 11 is 5.90. The number of nitrogens with one attached hydrogen (secondary N) is 2. The monoisotopic (exact) mass is 304 g/mol. The van der Waals surface area contributed by atoms with Gasteiger partial charge in [0.1, 0.15) is 6.17 Å². The molecule has 1 heterocycles. The lowest BCUT2D eigenvalue weighted by molar-refractivity contribution is 0.0935. The van der Waals surface area contributed by atoms with E-state index in [9.17, 15) is 9.90 Å². The minimum Gasteiger partial charge on any atom is -0.504 e. The number of carbonyl (C=O) groups is 1. The third kappa shape index (κ3) is 2.48. The number of rotatable bonds is 2. The number of anilines is 1. The summed E-state index contributed by atoms with van der Waals surface area (Å²) in [5.41, 5.74) is 1.99. The van der Waals surface area contributed by atoms with E-state index in [4.69, 9.17) is 16.3 Å². The van der Waals surface area contributed by atoms with Crippen LogP contribution in [-0.2, 0) is 0 Å². The largest absolute Gasteiger partial charge is 0.504 e. The van der Waals surface area contributed by atoms with E-state index in [1.807, 2.05) is 0 Å². The maximum atomic E-state index is 12.2. The molecule has 0 bridgehead atoms. The highest BCUT2D eigenvalue weighted by atomic mass is 35.5. The Labute approximate surface area is 126 Å². The number of amides is 1. The summed E-state index contributed by atoms with van der Waals surface area (Å²) in [6, 6.07) is 10.0. The molecule has 1 aliphatic heterocycles. The van der Waals surface area contributed by atoms with Crippen LogP contribution in [-0.4, -0.2) is 18.1 Å². The van der Waals surface area contributed by atoms with E-state index in [1.54, 1.807) is 30.3 Å². The summed E-state index contributed by atoms with van der Waals surface area (Å²) in [6.45, 7) is 0. The van der Waals surface area contributed by atoms with E-state index in [1.165, 1.54) is 13.2 Å². The molecule has 5 nitrogen and oxygen atoms in total. The van der Waals surface area contributed by atoms with Crippen molar-refractivity contribution in [3.05, 3.63) is 52.5 Å². The zero-order chi connectivity index (χ0) is 15.0. The van der Waals surface area contributed by atoms with Crippen molar-refractivity contribution in [1.82, 2.24) is 5.32 Å². The van der Waals surface area contributed by atoms with Crippen molar-refractivity contribution in [2.75, 3.05) is 12.4 Å². The highest BCUT2D eigenvalue weighted by molar-refractivity contribution is 6.31. The Hall–Kier alpha value is -2.40. The van der Waals surface area contributed by atoms with E-state index in [-0.39, 0.29) is 11.7 Å². The Kier molecular flexibility index (Phi) is 3.35. The van der Waals surface area contributed by atoms with Gasteiger partial charge < -0.3 is 20.5 Å². The Morgan fingerprint density at radius 3 is 2.76 bits per heavy atom. The van der Waals surface area contributed by atoms with Gasteiger partial charge >= 0.3 is 0 Å².